The first kappa shape index (κ1) is 13.8. The predicted octanol–water partition coefficient (Wildman–Crippen LogP) is 2.40. The normalized spacial score (nSPS) is 13.7. The minimum Gasteiger partial charge on any atom is -0.381 e. The molecule has 100 valence electrons. The van der Waals surface area contributed by atoms with E-state index in [1.165, 1.54) is 12.1 Å². The maximum absolute atomic E-state index is 13.8. The molecule has 0 radical (unpaired) electrons. The monoisotopic (exact) mass is 325 g/mol. The van der Waals surface area contributed by atoms with E-state index in [2.05, 4.69) is 26.6 Å². The zero-order valence-corrected chi connectivity index (χ0v) is 11.8. The van der Waals surface area contributed by atoms with Crippen molar-refractivity contribution in [1.82, 2.24) is 5.32 Å². The highest BCUT2D eigenvalue weighted by atomic mass is 79.9. The van der Waals surface area contributed by atoms with Gasteiger partial charge in [-0.05, 0) is 40.9 Å². The molecule has 0 saturated heterocycles. The molecule has 1 aromatic rings. The van der Waals surface area contributed by atoms with Gasteiger partial charge in [0.15, 0.2) is 5.82 Å². The first-order chi connectivity index (χ1) is 9.13. The maximum Gasteiger partial charge on any atom is 0.223 e. The second-order valence-corrected chi connectivity index (χ2v) is 5.19. The molecule has 1 aliphatic carbocycles. The van der Waals surface area contributed by atoms with Gasteiger partial charge in [0.2, 0.25) is 5.91 Å². The van der Waals surface area contributed by atoms with Gasteiger partial charge < -0.3 is 10.6 Å². The van der Waals surface area contributed by atoms with E-state index in [9.17, 15) is 9.18 Å². The van der Waals surface area contributed by atoms with E-state index in [4.69, 9.17) is 5.26 Å². The van der Waals surface area contributed by atoms with Crippen molar-refractivity contribution in [3.63, 3.8) is 0 Å². The number of hydrogen-bond donors (Lipinski definition) is 2. The van der Waals surface area contributed by atoms with Gasteiger partial charge >= 0.3 is 0 Å². The fraction of sp³-hybridized carbons (Fsp3) is 0.385. The molecule has 0 spiro atoms. The van der Waals surface area contributed by atoms with Gasteiger partial charge in [0.05, 0.1) is 15.7 Å². The lowest BCUT2D eigenvalue weighted by Crippen LogP contribution is -2.29. The van der Waals surface area contributed by atoms with Crippen LogP contribution in [0.5, 0.6) is 0 Å². The van der Waals surface area contributed by atoms with Crippen LogP contribution in [0.1, 0.15) is 18.4 Å². The number of carbonyl (C=O) groups is 1. The molecule has 0 aliphatic heterocycles. The SMILES string of the molecule is N#Cc1ccc(NCCNC(=O)C2CC2)c(F)c1Br. The van der Waals surface area contributed by atoms with E-state index in [1.54, 1.807) is 0 Å². The summed E-state index contributed by atoms with van der Waals surface area (Å²) in [5, 5.41) is 14.4. The molecular weight excluding hydrogens is 313 g/mol. The highest BCUT2D eigenvalue weighted by Crippen LogP contribution is 2.28. The van der Waals surface area contributed by atoms with E-state index in [1.807, 2.05) is 6.07 Å². The molecule has 0 aromatic heterocycles. The molecular formula is C13H13BrFN3O. The third-order valence-electron chi connectivity index (χ3n) is 2.89. The molecule has 2 N–H and O–H groups in total. The van der Waals surface area contributed by atoms with Crippen molar-refractivity contribution in [1.29, 1.82) is 5.26 Å². The van der Waals surface area contributed by atoms with E-state index in [0.29, 0.717) is 18.8 Å². The van der Waals surface area contributed by atoms with Crippen LogP contribution >= 0.6 is 15.9 Å². The average molecular weight is 326 g/mol. The number of benzene rings is 1. The van der Waals surface area contributed by atoms with Crippen molar-refractivity contribution >= 4 is 27.5 Å². The Morgan fingerprint density at radius 2 is 2.21 bits per heavy atom. The highest BCUT2D eigenvalue weighted by Gasteiger charge is 2.28. The van der Waals surface area contributed by atoms with Crippen molar-refractivity contribution < 1.29 is 9.18 Å². The van der Waals surface area contributed by atoms with Gasteiger partial charge in [-0.25, -0.2) is 4.39 Å². The molecule has 6 heteroatoms. The fourth-order valence-electron chi connectivity index (χ4n) is 1.65. The molecule has 1 aromatic carbocycles. The van der Waals surface area contributed by atoms with Gasteiger partial charge in [-0.2, -0.15) is 5.26 Å². The molecule has 1 fully saturated rings. The Bertz CT molecular complexity index is 537. The van der Waals surface area contributed by atoms with Crippen LogP contribution in [0.3, 0.4) is 0 Å². The Hall–Kier alpha value is -1.61. The van der Waals surface area contributed by atoms with Gasteiger partial charge in [-0.15, -0.1) is 0 Å². The smallest absolute Gasteiger partial charge is 0.223 e. The summed E-state index contributed by atoms with van der Waals surface area (Å²) in [4.78, 5) is 11.4. The number of rotatable bonds is 5. The second-order valence-electron chi connectivity index (χ2n) is 4.39. The summed E-state index contributed by atoms with van der Waals surface area (Å²) < 4.78 is 14.0. The number of nitrogens with zero attached hydrogens (tertiary/aromatic N) is 1. The first-order valence-corrected chi connectivity index (χ1v) is 6.82. The molecule has 1 amide bonds. The zero-order valence-electron chi connectivity index (χ0n) is 10.2. The van der Waals surface area contributed by atoms with Crippen LogP contribution in [0, 0.1) is 23.1 Å². The first-order valence-electron chi connectivity index (χ1n) is 6.03. The predicted molar refractivity (Wildman–Crippen MR) is 73.0 cm³/mol. The highest BCUT2D eigenvalue weighted by molar-refractivity contribution is 9.10. The minimum absolute atomic E-state index is 0.0725. The van der Waals surface area contributed by atoms with Crippen molar-refractivity contribution in [2.75, 3.05) is 18.4 Å². The summed E-state index contributed by atoms with van der Waals surface area (Å²) >= 11 is 3.04. The van der Waals surface area contributed by atoms with Gasteiger partial charge in [0, 0.05) is 19.0 Å². The van der Waals surface area contributed by atoms with E-state index in [-0.39, 0.29) is 21.9 Å². The van der Waals surface area contributed by atoms with Crippen molar-refractivity contribution in [3.05, 3.63) is 28.0 Å². The van der Waals surface area contributed by atoms with Crippen molar-refractivity contribution in [2.24, 2.45) is 5.92 Å². The summed E-state index contributed by atoms with van der Waals surface area (Å²) in [7, 11) is 0. The van der Waals surface area contributed by atoms with Crippen LogP contribution in [0.15, 0.2) is 16.6 Å². The van der Waals surface area contributed by atoms with Gasteiger partial charge in [-0.1, -0.05) is 0 Å². The number of amides is 1. The number of nitrogens with one attached hydrogen (secondary N) is 2. The van der Waals surface area contributed by atoms with Crippen LogP contribution in [0.2, 0.25) is 0 Å². The lowest BCUT2D eigenvalue weighted by Gasteiger charge is -2.10. The summed E-state index contributed by atoms with van der Waals surface area (Å²) in [6, 6.07) is 4.95. The Kier molecular flexibility index (Phi) is 4.38. The number of hydrogen-bond acceptors (Lipinski definition) is 3. The number of anilines is 1. The molecule has 0 atom stereocenters. The van der Waals surface area contributed by atoms with Crippen LogP contribution < -0.4 is 10.6 Å². The molecule has 0 unspecified atom stereocenters. The second kappa shape index (κ2) is 6.02. The molecule has 0 heterocycles. The number of carbonyl (C=O) groups excluding carboxylic acids is 1. The number of nitriles is 1. The summed E-state index contributed by atoms with van der Waals surface area (Å²) in [6.07, 6.45) is 1.94. The standard InChI is InChI=1S/C13H13BrFN3O/c14-11-9(7-16)3-4-10(12(11)15)17-5-6-18-13(19)8-1-2-8/h3-4,8,17H,1-2,5-6H2,(H,18,19). The quantitative estimate of drug-likeness (QED) is 0.817. The fourth-order valence-corrected chi connectivity index (χ4v) is 2.08. The number of halogens is 2. The molecule has 4 nitrogen and oxygen atoms in total. The van der Waals surface area contributed by atoms with Gasteiger partial charge in [0.1, 0.15) is 6.07 Å². The van der Waals surface area contributed by atoms with Gasteiger partial charge in [-0.3, -0.25) is 4.79 Å². The van der Waals surface area contributed by atoms with Crippen LogP contribution in [-0.4, -0.2) is 19.0 Å². The maximum atomic E-state index is 13.8. The molecule has 0 bridgehead atoms. The lowest BCUT2D eigenvalue weighted by atomic mass is 10.2. The van der Waals surface area contributed by atoms with Crippen LogP contribution in [-0.2, 0) is 4.79 Å². The molecule has 1 aliphatic rings. The third-order valence-corrected chi connectivity index (χ3v) is 3.67. The molecule has 19 heavy (non-hydrogen) atoms. The summed E-state index contributed by atoms with van der Waals surface area (Å²) in [5.74, 6) is -0.239. The van der Waals surface area contributed by atoms with E-state index in [0.717, 1.165) is 12.8 Å². The summed E-state index contributed by atoms with van der Waals surface area (Å²) in [6.45, 7) is 0.889. The lowest BCUT2D eigenvalue weighted by molar-refractivity contribution is -0.122. The van der Waals surface area contributed by atoms with E-state index >= 15 is 0 Å². The topological polar surface area (TPSA) is 64.9 Å². The molecule has 2 rings (SSSR count). The molecule has 1 saturated carbocycles. The van der Waals surface area contributed by atoms with Crippen molar-refractivity contribution in [3.8, 4) is 6.07 Å². The third kappa shape index (κ3) is 3.44. The van der Waals surface area contributed by atoms with Crippen molar-refractivity contribution in [2.45, 2.75) is 12.8 Å². The zero-order chi connectivity index (χ0) is 13.8. The Morgan fingerprint density at radius 3 is 2.84 bits per heavy atom. The Morgan fingerprint density at radius 1 is 1.47 bits per heavy atom. The van der Waals surface area contributed by atoms with E-state index < -0.39 is 5.82 Å². The van der Waals surface area contributed by atoms with Crippen LogP contribution in [0.4, 0.5) is 10.1 Å². The average Bonchev–Trinajstić information content (AvgIpc) is 3.23. The van der Waals surface area contributed by atoms with Crippen LogP contribution in [0.25, 0.3) is 0 Å². The summed E-state index contributed by atoms with van der Waals surface area (Å²) in [5.41, 5.74) is 0.566. The van der Waals surface area contributed by atoms with Gasteiger partial charge in [0.25, 0.3) is 0 Å². The largest absolute Gasteiger partial charge is 0.381 e. The Labute approximate surface area is 119 Å². The minimum atomic E-state index is -0.493. The Balaban J connectivity index is 1.84.